The monoisotopic (exact) mass is 356 g/mol. The molecule has 0 atom stereocenters. The minimum atomic E-state index is -0.197. The normalized spacial score (nSPS) is 10.4. The van der Waals surface area contributed by atoms with Crippen LogP contribution in [0.25, 0.3) is 0 Å². The molecule has 0 spiro atoms. The molecule has 0 bridgehead atoms. The molecule has 0 fully saturated rings. The summed E-state index contributed by atoms with van der Waals surface area (Å²) >= 11 is 1.63. The van der Waals surface area contributed by atoms with Gasteiger partial charge < -0.3 is 10.2 Å². The lowest BCUT2D eigenvalue weighted by Crippen LogP contribution is -2.35. The third-order valence-corrected chi connectivity index (χ3v) is 4.77. The molecule has 0 aliphatic rings. The molecule has 2 rings (SSSR count). The number of para-hydroxylation sites is 1. The number of carbonyl (C=O) groups excluding carboxylic acids is 2. The lowest BCUT2D eigenvalue weighted by Gasteiger charge is -2.19. The number of amides is 2. The Morgan fingerprint density at radius 3 is 2.44 bits per heavy atom. The number of aryl methyl sites for hydroxylation is 1. The maximum atomic E-state index is 12.7. The molecule has 2 amide bonds. The number of nitrogens with one attached hydrogen (secondary N) is 1. The van der Waals surface area contributed by atoms with Gasteiger partial charge in [0.1, 0.15) is 0 Å². The fraction of sp³-hybridized carbons (Fsp3) is 0.300. The summed E-state index contributed by atoms with van der Waals surface area (Å²) < 4.78 is 0. The summed E-state index contributed by atoms with van der Waals surface area (Å²) in [7, 11) is 1.65. The van der Waals surface area contributed by atoms with Crippen molar-refractivity contribution in [2.45, 2.75) is 25.2 Å². The predicted octanol–water partition coefficient (Wildman–Crippen LogP) is 4.07. The van der Waals surface area contributed by atoms with Crippen molar-refractivity contribution in [3.63, 3.8) is 0 Å². The lowest BCUT2D eigenvalue weighted by molar-refractivity contribution is -0.116. The molecule has 5 heteroatoms. The summed E-state index contributed by atoms with van der Waals surface area (Å²) in [5.41, 5.74) is 2.52. The van der Waals surface area contributed by atoms with E-state index in [9.17, 15) is 9.59 Å². The van der Waals surface area contributed by atoms with E-state index in [-0.39, 0.29) is 18.4 Å². The minimum absolute atomic E-state index is 0.0159. The maximum Gasteiger partial charge on any atom is 0.255 e. The Morgan fingerprint density at radius 1 is 1.04 bits per heavy atom. The summed E-state index contributed by atoms with van der Waals surface area (Å²) in [5.74, 6) is 0.551. The van der Waals surface area contributed by atoms with Crippen LogP contribution in [0.2, 0.25) is 0 Å². The number of nitrogens with zero attached hydrogens (tertiary/aromatic N) is 1. The Hall–Kier alpha value is -2.27. The first-order valence-corrected chi connectivity index (χ1v) is 9.40. The van der Waals surface area contributed by atoms with Gasteiger partial charge in [-0.3, -0.25) is 9.59 Å². The Balaban J connectivity index is 2.05. The van der Waals surface area contributed by atoms with Crippen LogP contribution >= 0.6 is 11.8 Å². The van der Waals surface area contributed by atoms with Crippen LogP contribution in [0, 0.1) is 0 Å². The second kappa shape index (κ2) is 9.28. The number of benzene rings is 2. The Labute approximate surface area is 153 Å². The van der Waals surface area contributed by atoms with E-state index in [1.54, 1.807) is 24.9 Å². The zero-order chi connectivity index (χ0) is 18.2. The Kier molecular flexibility index (Phi) is 7.07. The van der Waals surface area contributed by atoms with Gasteiger partial charge in [-0.05, 0) is 35.9 Å². The van der Waals surface area contributed by atoms with E-state index in [4.69, 9.17) is 0 Å². The molecule has 0 saturated heterocycles. The quantitative estimate of drug-likeness (QED) is 0.761. The average Bonchev–Trinajstić information content (AvgIpc) is 2.62. The number of hydrogen-bond donors (Lipinski definition) is 1. The maximum absolute atomic E-state index is 12.7. The SMILES string of the molecule is CCSc1ccccc1C(=O)N(C)CC(=O)Nc1ccccc1CC. The number of thioether (sulfide) groups is 1. The van der Waals surface area contributed by atoms with Crippen LogP contribution in [-0.4, -0.2) is 36.1 Å². The van der Waals surface area contributed by atoms with Gasteiger partial charge >= 0.3 is 0 Å². The molecule has 0 aromatic heterocycles. The third kappa shape index (κ3) is 5.10. The van der Waals surface area contributed by atoms with Gasteiger partial charge in [0.05, 0.1) is 12.1 Å². The Morgan fingerprint density at radius 2 is 1.72 bits per heavy atom. The van der Waals surface area contributed by atoms with Crippen LogP contribution in [0.4, 0.5) is 5.69 Å². The summed E-state index contributed by atoms with van der Waals surface area (Å²) in [6.45, 7) is 4.11. The largest absolute Gasteiger partial charge is 0.332 e. The van der Waals surface area contributed by atoms with Crippen molar-refractivity contribution in [2.24, 2.45) is 0 Å². The van der Waals surface area contributed by atoms with Crippen LogP contribution in [-0.2, 0) is 11.2 Å². The molecule has 132 valence electrons. The van der Waals surface area contributed by atoms with E-state index in [1.165, 1.54) is 4.90 Å². The molecule has 2 aromatic carbocycles. The second-order valence-electron chi connectivity index (χ2n) is 5.65. The molecule has 0 aliphatic carbocycles. The van der Waals surface area contributed by atoms with Gasteiger partial charge in [-0.1, -0.05) is 44.2 Å². The summed E-state index contributed by atoms with van der Waals surface area (Å²) in [6, 6.07) is 15.2. The first kappa shape index (κ1) is 19.1. The first-order valence-electron chi connectivity index (χ1n) is 8.41. The molecule has 2 aromatic rings. The smallest absolute Gasteiger partial charge is 0.255 e. The summed E-state index contributed by atoms with van der Waals surface area (Å²) in [6.07, 6.45) is 0.840. The van der Waals surface area contributed by atoms with Crippen LogP contribution in [0.15, 0.2) is 53.4 Å². The highest BCUT2D eigenvalue weighted by atomic mass is 32.2. The molecule has 1 N–H and O–H groups in total. The van der Waals surface area contributed by atoms with E-state index in [2.05, 4.69) is 5.32 Å². The molecule has 0 heterocycles. The van der Waals surface area contributed by atoms with Gasteiger partial charge in [-0.15, -0.1) is 11.8 Å². The van der Waals surface area contributed by atoms with Crippen molar-refractivity contribution in [2.75, 3.05) is 24.7 Å². The van der Waals surface area contributed by atoms with Crippen molar-refractivity contribution >= 4 is 29.3 Å². The molecule has 0 saturated carbocycles. The zero-order valence-electron chi connectivity index (χ0n) is 14.9. The highest BCUT2D eigenvalue weighted by Gasteiger charge is 2.18. The number of hydrogen-bond acceptors (Lipinski definition) is 3. The van der Waals surface area contributed by atoms with Crippen LogP contribution in [0.3, 0.4) is 0 Å². The molecular formula is C20H24N2O2S. The number of likely N-dealkylation sites (N-methyl/N-ethyl adjacent to an activating group) is 1. The van der Waals surface area contributed by atoms with Crippen molar-refractivity contribution in [3.05, 3.63) is 59.7 Å². The molecule has 25 heavy (non-hydrogen) atoms. The van der Waals surface area contributed by atoms with E-state index in [0.717, 1.165) is 28.3 Å². The van der Waals surface area contributed by atoms with Crippen LogP contribution in [0.1, 0.15) is 29.8 Å². The van der Waals surface area contributed by atoms with Crippen LogP contribution in [0.5, 0.6) is 0 Å². The van der Waals surface area contributed by atoms with Gasteiger partial charge in [0, 0.05) is 17.6 Å². The fourth-order valence-electron chi connectivity index (χ4n) is 2.56. The molecule has 4 nitrogen and oxygen atoms in total. The van der Waals surface area contributed by atoms with Gasteiger partial charge in [0.2, 0.25) is 5.91 Å². The van der Waals surface area contributed by atoms with Gasteiger partial charge in [-0.2, -0.15) is 0 Å². The van der Waals surface area contributed by atoms with E-state index < -0.39 is 0 Å². The van der Waals surface area contributed by atoms with Gasteiger partial charge in [0.25, 0.3) is 5.91 Å². The van der Waals surface area contributed by atoms with E-state index in [1.807, 2.05) is 56.3 Å². The highest BCUT2D eigenvalue weighted by molar-refractivity contribution is 7.99. The summed E-state index contributed by atoms with van der Waals surface area (Å²) in [5, 5.41) is 2.90. The van der Waals surface area contributed by atoms with E-state index >= 15 is 0 Å². The van der Waals surface area contributed by atoms with Crippen molar-refractivity contribution in [1.82, 2.24) is 4.90 Å². The summed E-state index contributed by atoms with van der Waals surface area (Å²) in [4.78, 5) is 27.4. The van der Waals surface area contributed by atoms with Crippen molar-refractivity contribution in [3.8, 4) is 0 Å². The number of rotatable bonds is 7. The first-order chi connectivity index (χ1) is 12.1. The predicted molar refractivity (Wildman–Crippen MR) is 104 cm³/mol. The van der Waals surface area contributed by atoms with Crippen molar-refractivity contribution < 1.29 is 9.59 Å². The molecule has 0 aliphatic heterocycles. The van der Waals surface area contributed by atoms with Crippen LogP contribution < -0.4 is 5.32 Å². The second-order valence-corrected chi connectivity index (χ2v) is 6.96. The third-order valence-electron chi connectivity index (χ3n) is 3.82. The molecule has 0 radical (unpaired) electrons. The minimum Gasteiger partial charge on any atom is -0.332 e. The number of anilines is 1. The lowest BCUT2D eigenvalue weighted by atomic mass is 10.1. The average molecular weight is 356 g/mol. The topological polar surface area (TPSA) is 49.4 Å². The van der Waals surface area contributed by atoms with Crippen molar-refractivity contribution in [1.29, 1.82) is 0 Å². The zero-order valence-corrected chi connectivity index (χ0v) is 15.7. The standard InChI is InChI=1S/C20H24N2O2S/c1-4-15-10-6-8-12-17(15)21-19(23)14-22(3)20(24)16-11-7-9-13-18(16)25-5-2/h6-13H,4-5,14H2,1-3H3,(H,21,23). The fourth-order valence-corrected chi connectivity index (χ4v) is 3.35. The number of carbonyl (C=O) groups is 2. The van der Waals surface area contributed by atoms with Gasteiger partial charge in [-0.25, -0.2) is 0 Å². The molecular weight excluding hydrogens is 332 g/mol. The van der Waals surface area contributed by atoms with Gasteiger partial charge in [0.15, 0.2) is 0 Å². The highest BCUT2D eigenvalue weighted by Crippen LogP contribution is 2.23. The molecule has 0 unspecified atom stereocenters. The Bertz CT molecular complexity index is 746. The van der Waals surface area contributed by atoms with E-state index in [0.29, 0.717) is 5.56 Å².